The van der Waals surface area contributed by atoms with E-state index < -0.39 is 8.32 Å². The largest absolute Gasteiger partial charge is 0.414 e. The van der Waals surface area contributed by atoms with Crippen molar-refractivity contribution in [2.45, 2.75) is 83.3 Å². The van der Waals surface area contributed by atoms with Gasteiger partial charge in [-0.25, -0.2) is 9.97 Å². The number of aromatic nitrogens is 2. The minimum absolute atomic E-state index is 0.0564. The number of nitrogens with zero attached hydrogens (tertiary/aromatic N) is 4. The van der Waals surface area contributed by atoms with Crippen LogP contribution < -0.4 is 10.2 Å². The van der Waals surface area contributed by atoms with Gasteiger partial charge in [-0.1, -0.05) is 108 Å². The zero-order chi connectivity index (χ0) is 29.6. The Kier molecular flexibility index (Phi) is 10.2. The summed E-state index contributed by atoms with van der Waals surface area (Å²) in [5.74, 6) is 4.82. The van der Waals surface area contributed by atoms with Crippen LogP contribution in [0.4, 0.5) is 11.6 Å². The lowest BCUT2D eigenvalue weighted by atomic mass is 10.0. The Balaban J connectivity index is 1.74. The Bertz CT molecular complexity index is 1270. The van der Waals surface area contributed by atoms with E-state index in [0.717, 1.165) is 23.7 Å². The number of anilines is 2. The second-order valence-electron chi connectivity index (χ2n) is 12.2. The number of rotatable bonds is 11. The van der Waals surface area contributed by atoms with Crippen LogP contribution in [0.3, 0.4) is 0 Å². The Morgan fingerprint density at radius 2 is 1.54 bits per heavy atom. The Hall–Kier alpha value is -3.18. The van der Waals surface area contributed by atoms with E-state index >= 15 is 0 Å². The standard InChI is InChI=1S/C34H47N5OSi/c1-9-31-32-33(36-24-37-34(32)38(8)21-28-16-12-10-13-17-28)35-20-30(39(31)22-29-18-14-11-15-19-29)23-40-41(25(2)3,26(4)5)27(6)7/h1,10-19,24-27,30-31H,20-23H2,2-8H3,(H,35,36,37)/t30-,31-/m0/s1. The van der Waals surface area contributed by atoms with Gasteiger partial charge in [0, 0.05) is 26.7 Å². The zero-order valence-electron chi connectivity index (χ0n) is 25.8. The van der Waals surface area contributed by atoms with E-state index in [-0.39, 0.29) is 12.1 Å². The van der Waals surface area contributed by atoms with Crippen molar-refractivity contribution < 1.29 is 4.43 Å². The van der Waals surface area contributed by atoms with Crippen LogP contribution in [0.5, 0.6) is 0 Å². The molecule has 1 aliphatic heterocycles. The van der Waals surface area contributed by atoms with Crippen molar-refractivity contribution in [3.8, 4) is 12.3 Å². The van der Waals surface area contributed by atoms with Gasteiger partial charge in [0.1, 0.15) is 24.0 Å². The van der Waals surface area contributed by atoms with Crippen molar-refractivity contribution in [1.82, 2.24) is 14.9 Å². The second kappa shape index (κ2) is 13.7. The molecule has 0 aliphatic carbocycles. The van der Waals surface area contributed by atoms with E-state index in [4.69, 9.17) is 20.8 Å². The Labute approximate surface area is 248 Å². The fourth-order valence-corrected chi connectivity index (χ4v) is 12.3. The first-order valence-corrected chi connectivity index (χ1v) is 17.1. The van der Waals surface area contributed by atoms with Gasteiger partial charge in [-0.2, -0.15) is 0 Å². The lowest BCUT2D eigenvalue weighted by Crippen LogP contribution is -2.52. The third kappa shape index (κ3) is 6.67. The zero-order valence-corrected chi connectivity index (χ0v) is 26.8. The minimum atomic E-state index is -2.08. The molecule has 6 nitrogen and oxygen atoms in total. The van der Waals surface area contributed by atoms with E-state index in [0.29, 0.717) is 36.3 Å². The molecule has 4 rings (SSSR count). The Morgan fingerprint density at radius 3 is 2.10 bits per heavy atom. The summed E-state index contributed by atoms with van der Waals surface area (Å²) in [7, 11) is -0.00257. The highest BCUT2D eigenvalue weighted by molar-refractivity contribution is 6.77. The molecule has 0 fully saturated rings. The number of hydrogen-bond acceptors (Lipinski definition) is 6. The van der Waals surface area contributed by atoms with Crippen LogP contribution in [0.25, 0.3) is 0 Å². The monoisotopic (exact) mass is 569 g/mol. The van der Waals surface area contributed by atoms with Gasteiger partial charge in [0.05, 0.1) is 18.2 Å². The molecule has 41 heavy (non-hydrogen) atoms. The average Bonchev–Trinajstić information content (AvgIpc) is 3.10. The van der Waals surface area contributed by atoms with Crippen LogP contribution in [0.2, 0.25) is 16.6 Å². The van der Waals surface area contributed by atoms with Gasteiger partial charge in [0.25, 0.3) is 0 Å². The molecule has 3 aromatic rings. The van der Waals surface area contributed by atoms with Crippen molar-refractivity contribution in [3.63, 3.8) is 0 Å². The summed E-state index contributed by atoms with van der Waals surface area (Å²) in [5.41, 5.74) is 4.91. The van der Waals surface area contributed by atoms with E-state index in [1.807, 2.05) is 6.07 Å². The normalized spacial score (nSPS) is 17.7. The molecule has 1 N–H and O–H groups in total. The molecule has 1 aliphatic rings. The number of hydrogen-bond donors (Lipinski definition) is 1. The summed E-state index contributed by atoms with van der Waals surface area (Å²) >= 11 is 0. The Morgan fingerprint density at radius 1 is 0.951 bits per heavy atom. The number of nitrogens with one attached hydrogen (secondary N) is 1. The van der Waals surface area contributed by atoms with E-state index in [1.165, 1.54) is 11.1 Å². The van der Waals surface area contributed by atoms with E-state index in [2.05, 4.69) is 124 Å². The summed E-state index contributed by atoms with van der Waals surface area (Å²) in [4.78, 5) is 14.1. The summed E-state index contributed by atoms with van der Waals surface area (Å²) in [6, 6.07) is 20.8. The molecule has 7 heteroatoms. The van der Waals surface area contributed by atoms with Gasteiger partial charge in [-0.3, -0.25) is 4.90 Å². The molecule has 2 heterocycles. The fourth-order valence-electron chi connectivity index (χ4n) is 6.81. The van der Waals surface area contributed by atoms with Crippen molar-refractivity contribution >= 4 is 20.0 Å². The van der Waals surface area contributed by atoms with Gasteiger partial charge >= 0.3 is 0 Å². The lowest BCUT2D eigenvalue weighted by Gasteiger charge is -2.44. The molecule has 218 valence electrons. The van der Waals surface area contributed by atoms with Crippen molar-refractivity contribution in [2.75, 3.05) is 30.4 Å². The molecule has 0 unspecified atom stereocenters. The van der Waals surface area contributed by atoms with Crippen LogP contribution in [0.15, 0.2) is 67.0 Å². The van der Waals surface area contributed by atoms with Gasteiger partial charge in [0.15, 0.2) is 8.32 Å². The molecule has 0 amide bonds. The first kappa shape index (κ1) is 30.8. The van der Waals surface area contributed by atoms with Gasteiger partial charge in [0.2, 0.25) is 0 Å². The van der Waals surface area contributed by atoms with E-state index in [9.17, 15) is 0 Å². The highest BCUT2D eigenvalue weighted by Gasteiger charge is 2.46. The van der Waals surface area contributed by atoms with Crippen LogP contribution in [-0.2, 0) is 17.5 Å². The summed E-state index contributed by atoms with van der Waals surface area (Å²) in [6.07, 6.45) is 8.06. The van der Waals surface area contributed by atoms with E-state index in [1.54, 1.807) is 6.33 Å². The molecule has 0 spiro atoms. The molecule has 1 aromatic heterocycles. The van der Waals surface area contributed by atoms with Crippen LogP contribution in [-0.4, -0.2) is 49.4 Å². The predicted molar refractivity (Wildman–Crippen MR) is 173 cm³/mol. The third-order valence-electron chi connectivity index (χ3n) is 8.66. The predicted octanol–water partition coefficient (Wildman–Crippen LogP) is 7.28. The molecule has 2 atom stereocenters. The topological polar surface area (TPSA) is 53.5 Å². The highest BCUT2D eigenvalue weighted by Crippen LogP contribution is 2.43. The maximum absolute atomic E-state index is 7.17. The maximum Gasteiger partial charge on any atom is 0.200 e. The molecule has 2 aromatic carbocycles. The first-order valence-electron chi connectivity index (χ1n) is 14.9. The van der Waals surface area contributed by atoms with Crippen molar-refractivity contribution in [2.24, 2.45) is 0 Å². The maximum atomic E-state index is 7.17. The molecule has 0 saturated carbocycles. The second-order valence-corrected chi connectivity index (χ2v) is 17.7. The number of terminal acetylenes is 1. The van der Waals surface area contributed by atoms with Crippen LogP contribution in [0, 0.1) is 12.3 Å². The quantitative estimate of drug-likeness (QED) is 0.194. The van der Waals surface area contributed by atoms with Gasteiger partial charge in [-0.15, -0.1) is 6.42 Å². The van der Waals surface area contributed by atoms with Crippen molar-refractivity contribution in [3.05, 3.63) is 83.7 Å². The minimum Gasteiger partial charge on any atom is -0.414 e. The van der Waals surface area contributed by atoms with Crippen LogP contribution in [0.1, 0.15) is 64.3 Å². The third-order valence-corrected chi connectivity index (χ3v) is 14.7. The molecular formula is C34H47N5OSi. The SMILES string of the molecule is C#C[C@H]1c2c(ncnc2N(C)Cc2ccccc2)NC[C@@H](CO[Si](C(C)C)(C(C)C)C(C)C)N1Cc1ccccc1. The number of fused-ring (bicyclic) bond motifs is 1. The molecule has 0 radical (unpaired) electrons. The molecular weight excluding hydrogens is 522 g/mol. The van der Waals surface area contributed by atoms with Gasteiger partial charge < -0.3 is 14.6 Å². The van der Waals surface area contributed by atoms with Crippen molar-refractivity contribution in [1.29, 1.82) is 0 Å². The summed E-state index contributed by atoms with van der Waals surface area (Å²) in [5, 5.41) is 3.66. The average molecular weight is 570 g/mol. The summed E-state index contributed by atoms with van der Waals surface area (Å²) < 4.78 is 7.17. The first-order chi connectivity index (χ1) is 19.7. The lowest BCUT2D eigenvalue weighted by molar-refractivity contribution is 0.107. The highest BCUT2D eigenvalue weighted by atomic mass is 28.4. The smallest absolute Gasteiger partial charge is 0.200 e. The number of benzene rings is 2. The van der Waals surface area contributed by atoms with Crippen LogP contribution >= 0.6 is 0 Å². The molecule has 0 saturated heterocycles. The molecule has 0 bridgehead atoms. The fraction of sp³-hybridized carbons (Fsp3) is 0.471. The summed E-state index contributed by atoms with van der Waals surface area (Å²) in [6.45, 7) is 16.8. The van der Waals surface area contributed by atoms with Gasteiger partial charge in [-0.05, 0) is 27.8 Å².